The molecule has 1 amide bonds. The van der Waals surface area contributed by atoms with E-state index in [1.165, 1.54) is 18.2 Å². The number of pyridine rings is 1. The molecular weight excluding hydrogens is 497 g/mol. The summed E-state index contributed by atoms with van der Waals surface area (Å²) in [5.74, 6) is -1.26. The third-order valence-electron chi connectivity index (χ3n) is 8.15. The number of benzene rings is 1. The average Bonchev–Trinajstić information content (AvgIpc) is 3.40. The lowest BCUT2D eigenvalue weighted by atomic mass is 9.75. The van der Waals surface area contributed by atoms with Crippen LogP contribution in [0, 0.1) is 5.82 Å². The quantitative estimate of drug-likeness (QED) is 0.425. The molecule has 1 aliphatic heterocycles. The predicted octanol–water partition coefficient (Wildman–Crippen LogP) is 4.53. The van der Waals surface area contributed by atoms with Gasteiger partial charge in [-0.05, 0) is 56.0 Å². The van der Waals surface area contributed by atoms with Crippen LogP contribution in [0.25, 0.3) is 16.9 Å². The molecule has 2 atom stereocenters. The van der Waals surface area contributed by atoms with Crippen molar-refractivity contribution >= 4 is 11.6 Å². The summed E-state index contributed by atoms with van der Waals surface area (Å²) >= 11 is 0. The number of aromatic nitrogens is 4. The molecule has 0 spiro atoms. The molecule has 4 aromatic rings. The average molecular weight is 521 g/mol. The number of carbonyl (C=O) groups excluding carboxylic acids is 1. The van der Waals surface area contributed by atoms with Crippen LogP contribution in [-0.4, -0.2) is 44.0 Å². The van der Waals surface area contributed by atoms with Gasteiger partial charge in [0.15, 0.2) is 5.65 Å². The summed E-state index contributed by atoms with van der Waals surface area (Å²) in [6, 6.07) is 9.12. The smallest absolute Gasteiger partial charge is 0.387 e. The minimum Gasteiger partial charge on any atom is -0.434 e. The zero-order valence-corrected chi connectivity index (χ0v) is 20.4. The first-order valence-electron chi connectivity index (χ1n) is 12.4. The van der Waals surface area contributed by atoms with E-state index < -0.39 is 23.9 Å². The Kier molecular flexibility index (Phi) is 4.88. The van der Waals surface area contributed by atoms with E-state index in [-0.39, 0.29) is 23.4 Å². The summed E-state index contributed by atoms with van der Waals surface area (Å²) in [5, 5.41) is 4.77. The van der Waals surface area contributed by atoms with Gasteiger partial charge >= 0.3 is 6.61 Å². The number of halogens is 3. The molecule has 3 aliphatic rings. The van der Waals surface area contributed by atoms with Crippen molar-refractivity contribution in [1.29, 1.82) is 0 Å². The molecule has 2 N–H and O–H groups in total. The van der Waals surface area contributed by atoms with Crippen LogP contribution in [0.15, 0.2) is 42.6 Å². The topological polar surface area (TPSA) is 98.6 Å². The largest absolute Gasteiger partial charge is 0.434 e. The van der Waals surface area contributed by atoms with Crippen LogP contribution >= 0.6 is 0 Å². The van der Waals surface area contributed by atoms with E-state index in [2.05, 4.69) is 4.98 Å². The second kappa shape index (κ2) is 8.00. The summed E-state index contributed by atoms with van der Waals surface area (Å²) in [6.07, 6.45) is 4.35. The zero-order valence-electron chi connectivity index (χ0n) is 20.4. The predicted molar refractivity (Wildman–Crippen MR) is 130 cm³/mol. The van der Waals surface area contributed by atoms with Gasteiger partial charge in [-0.3, -0.25) is 9.78 Å². The van der Waals surface area contributed by atoms with Gasteiger partial charge in [-0.1, -0.05) is 6.07 Å². The number of hydrogen-bond donors (Lipinski definition) is 1. The van der Waals surface area contributed by atoms with Gasteiger partial charge < -0.3 is 15.4 Å². The molecule has 1 aromatic carbocycles. The number of hydrogen-bond acceptors (Lipinski definition) is 6. The van der Waals surface area contributed by atoms with E-state index in [1.54, 1.807) is 40.9 Å². The van der Waals surface area contributed by atoms with Gasteiger partial charge in [0, 0.05) is 35.9 Å². The molecule has 2 bridgehead atoms. The monoisotopic (exact) mass is 520 g/mol. The van der Waals surface area contributed by atoms with E-state index in [4.69, 9.17) is 20.6 Å². The Hall–Kier alpha value is -3.99. The van der Waals surface area contributed by atoms with Gasteiger partial charge in [-0.2, -0.15) is 13.9 Å². The summed E-state index contributed by atoms with van der Waals surface area (Å²) in [5.41, 5.74) is 9.35. The van der Waals surface area contributed by atoms with Crippen molar-refractivity contribution in [3.8, 4) is 17.0 Å². The highest BCUT2D eigenvalue weighted by Crippen LogP contribution is 2.52. The maximum atomic E-state index is 15.0. The number of nitrogens with two attached hydrogens (primary N) is 1. The second-order valence-corrected chi connectivity index (χ2v) is 10.3. The van der Waals surface area contributed by atoms with Crippen LogP contribution in [0.3, 0.4) is 0 Å². The lowest BCUT2D eigenvalue weighted by Gasteiger charge is -2.37. The maximum Gasteiger partial charge on any atom is 0.387 e. The van der Waals surface area contributed by atoms with E-state index in [0.717, 1.165) is 6.42 Å². The standard InChI is InChI=1S/C27H23F3N6O2/c1-35-18-11-15(21-14(25(35)37)4-2-5-19(21)38-26(29)30)23-22(18)33-20-7-6-17(34-36(20)23)13-10-16(28)24(32-12-13)27(31)8-3-9-27/h2,4-7,10,12,15,18,26H,3,8-9,11,31H2,1H3. The second-order valence-electron chi connectivity index (χ2n) is 10.3. The Balaban J connectivity index is 1.38. The van der Waals surface area contributed by atoms with Crippen LogP contribution in [0.4, 0.5) is 13.2 Å². The van der Waals surface area contributed by atoms with Gasteiger partial charge in [0.2, 0.25) is 0 Å². The fourth-order valence-corrected chi connectivity index (χ4v) is 6.09. The molecule has 0 radical (unpaired) electrons. The Morgan fingerprint density at radius 3 is 2.74 bits per heavy atom. The lowest BCUT2D eigenvalue weighted by molar-refractivity contribution is -0.0506. The number of amides is 1. The van der Waals surface area contributed by atoms with Crippen molar-refractivity contribution in [2.24, 2.45) is 5.73 Å². The van der Waals surface area contributed by atoms with E-state index in [0.29, 0.717) is 58.7 Å². The molecule has 1 fully saturated rings. The first-order chi connectivity index (χ1) is 18.2. The van der Waals surface area contributed by atoms with Gasteiger partial charge in [0.05, 0.1) is 34.4 Å². The van der Waals surface area contributed by atoms with Crippen LogP contribution < -0.4 is 10.5 Å². The maximum absolute atomic E-state index is 15.0. The van der Waals surface area contributed by atoms with Crippen LogP contribution in [0.1, 0.15) is 70.6 Å². The third-order valence-corrected chi connectivity index (χ3v) is 8.15. The number of fused-ring (bicyclic) bond motifs is 9. The summed E-state index contributed by atoms with van der Waals surface area (Å²) in [4.78, 5) is 24.0. The van der Waals surface area contributed by atoms with E-state index >= 15 is 4.39 Å². The molecule has 3 aromatic heterocycles. The SMILES string of the molecule is CN1C(=O)c2cccc(OC(F)F)c2C2CC1c1nc3ccc(-c4cnc(C5(N)CCC5)c(F)c4)nn3c12. The molecule has 8 nitrogen and oxygen atoms in total. The zero-order chi connectivity index (χ0) is 26.3. The van der Waals surface area contributed by atoms with Gasteiger partial charge in [0.1, 0.15) is 11.6 Å². The summed E-state index contributed by atoms with van der Waals surface area (Å²) < 4.78 is 48.2. The van der Waals surface area contributed by atoms with Crippen molar-refractivity contribution < 1.29 is 22.7 Å². The number of nitrogens with zero attached hydrogens (tertiary/aromatic N) is 5. The van der Waals surface area contributed by atoms with Gasteiger partial charge in [-0.25, -0.2) is 13.9 Å². The molecule has 1 saturated carbocycles. The minimum absolute atomic E-state index is 0.0441. The van der Waals surface area contributed by atoms with Gasteiger partial charge in [-0.15, -0.1) is 0 Å². The third kappa shape index (κ3) is 3.20. The van der Waals surface area contributed by atoms with Crippen LogP contribution in [0.5, 0.6) is 5.75 Å². The van der Waals surface area contributed by atoms with E-state index in [9.17, 15) is 13.6 Å². The van der Waals surface area contributed by atoms with Crippen LogP contribution in [-0.2, 0) is 5.54 Å². The highest BCUT2D eigenvalue weighted by atomic mass is 19.3. The fourth-order valence-electron chi connectivity index (χ4n) is 6.09. The molecule has 0 saturated heterocycles. The first-order valence-corrected chi connectivity index (χ1v) is 12.4. The Morgan fingerprint density at radius 1 is 1.21 bits per heavy atom. The number of rotatable bonds is 4. The highest BCUT2D eigenvalue weighted by molar-refractivity contribution is 5.98. The first kappa shape index (κ1) is 23.2. The molecular formula is C27H23F3N6O2. The molecule has 2 aliphatic carbocycles. The molecule has 4 heterocycles. The number of alkyl halides is 2. The molecule has 194 valence electrons. The molecule has 11 heteroatoms. The summed E-state index contributed by atoms with van der Waals surface area (Å²) in [7, 11) is 1.68. The van der Waals surface area contributed by atoms with E-state index in [1.807, 2.05) is 0 Å². The van der Waals surface area contributed by atoms with Crippen molar-refractivity contribution in [3.63, 3.8) is 0 Å². The Bertz CT molecular complexity index is 1630. The van der Waals surface area contributed by atoms with Gasteiger partial charge in [0.25, 0.3) is 5.91 Å². The molecule has 38 heavy (non-hydrogen) atoms. The Labute approximate surface area is 215 Å². The number of carbonyl (C=O) groups is 1. The Morgan fingerprint density at radius 2 is 2.03 bits per heavy atom. The normalized spacial score (nSPS) is 21.3. The lowest BCUT2D eigenvalue weighted by Crippen LogP contribution is -2.44. The minimum atomic E-state index is -3.04. The van der Waals surface area contributed by atoms with Crippen molar-refractivity contribution in [3.05, 3.63) is 76.6 Å². The molecule has 7 rings (SSSR count). The van der Waals surface area contributed by atoms with Crippen molar-refractivity contribution in [2.45, 2.75) is 49.8 Å². The van der Waals surface area contributed by atoms with Crippen LogP contribution in [0.2, 0.25) is 0 Å². The number of imidazole rings is 1. The van der Waals surface area contributed by atoms with Crippen molar-refractivity contribution in [2.75, 3.05) is 7.05 Å². The molecule has 2 unspecified atom stereocenters. The summed E-state index contributed by atoms with van der Waals surface area (Å²) in [6.45, 7) is -3.04. The fraction of sp³-hybridized carbons (Fsp3) is 0.333. The van der Waals surface area contributed by atoms with Crippen molar-refractivity contribution in [1.82, 2.24) is 24.5 Å². The number of ether oxygens (including phenoxy) is 1. The highest BCUT2D eigenvalue weighted by Gasteiger charge is 2.46.